The highest BCUT2D eigenvalue weighted by Crippen LogP contribution is 2.34. The summed E-state index contributed by atoms with van der Waals surface area (Å²) in [6.07, 6.45) is 3.48. The minimum atomic E-state index is -1.28. The van der Waals surface area contributed by atoms with E-state index in [1.54, 1.807) is 30.6 Å². The number of thioether (sulfide) groups is 2. The summed E-state index contributed by atoms with van der Waals surface area (Å²) in [5, 5.41) is 19.9. The number of nitrogens with zero attached hydrogens (tertiary/aromatic N) is 4. The van der Waals surface area contributed by atoms with Gasteiger partial charge in [0.05, 0.1) is 10.8 Å². The van der Waals surface area contributed by atoms with E-state index in [2.05, 4.69) is 25.2 Å². The molecule has 2 N–H and O–H groups in total. The molecule has 1 aromatic carbocycles. The molecule has 1 aliphatic heterocycles. The van der Waals surface area contributed by atoms with E-state index < -0.39 is 11.5 Å². The van der Waals surface area contributed by atoms with E-state index in [-0.39, 0.29) is 12.2 Å². The number of halogens is 1. The van der Waals surface area contributed by atoms with Crippen molar-refractivity contribution in [1.82, 2.24) is 20.2 Å². The monoisotopic (exact) mass is 469 g/mol. The Morgan fingerprint density at radius 1 is 1.25 bits per heavy atom. The second kappa shape index (κ2) is 8.40. The molecule has 4 heterocycles. The summed E-state index contributed by atoms with van der Waals surface area (Å²) < 4.78 is 19.1. The van der Waals surface area contributed by atoms with Crippen LogP contribution in [-0.2, 0) is 11.2 Å². The third kappa shape index (κ3) is 4.13. The van der Waals surface area contributed by atoms with Crippen LogP contribution >= 0.6 is 23.5 Å². The highest BCUT2D eigenvalue weighted by molar-refractivity contribution is 8.16. The molecule has 0 spiro atoms. The van der Waals surface area contributed by atoms with Gasteiger partial charge >= 0.3 is 5.97 Å². The van der Waals surface area contributed by atoms with Gasteiger partial charge in [0.1, 0.15) is 5.82 Å². The molecular formula is C21H16FN5O3S2. The van der Waals surface area contributed by atoms with Gasteiger partial charge in [-0.2, -0.15) is 0 Å². The fourth-order valence-electron chi connectivity index (χ4n) is 3.43. The van der Waals surface area contributed by atoms with Crippen LogP contribution in [-0.4, -0.2) is 53.3 Å². The summed E-state index contributed by atoms with van der Waals surface area (Å²) in [5.74, 6) is -0.205. The molecule has 0 saturated carbocycles. The topological polar surface area (TPSA) is 117 Å². The Bertz CT molecular complexity index is 1320. The molecule has 11 heteroatoms. The highest BCUT2D eigenvalue weighted by atomic mass is 32.2. The van der Waals surface area contributed by atoms with Crippen molar-refractivity contribution in [3.63, 3.8) is 0 Å². The first-order valence-electron chi connectivity index (χ1n) is 9.59. The largest absolute Gasteiger partial charge is 0.479 e. The number of hydrogen-bond donors (Lipinski definition) is 2. The molecule has 1 atom stereocenters. The number of aliphatic carboxylic acids is 1. The number of carboxylic acid groups (broad SMARTS) is 1. The molecule has 0 saturated heterocycles. The number of aromatic nitrogens is 4. The van der Waals surface area contributed by atoms with E-state index in [0.717, 1.165) is 10.9 Å². The van der Waals surface area contributed by atoms with Gasteiger partial charge < -0.3 is 14.5 Å². The van der Waals surface area contributed by atoms with Crippen molar-refractivity contribution >= 4 is 45.4 Å². The minimum absolute atomic E-state index is 0.187. The van der Waals surface area contributed by atoms with Gasteiger partial charge in [0.25, 0.3) is 5.22 Å². The van der Waals surface area contributed by atoms with Crippen molar-refractivity contribution in [2.24, 2.45) is 4.99 Å². The zero-order valence-electron chi connectivity index (χ0n) is 16.5. The number of nitrogens with one attached hydrogen (secondary N) is 1. The van der Waals surface area contributed by atoms with Crippen molar-refractivity contribution < 1.29 is 18.7 Å². The van der Waals surface area contributed by atoms with Gasteiger partial charge in [0.2, 0.25) is 5.89 Å². The minimum Gasteiger partial charge on any atom is -0.479 e. The lowest BCUT2D eigenvalue weighted by atomic mass is 9.96. The fourth-order valence-corrected chi connectivity index (χ4v) is 5.42. The predicted octanol–water partition coefficient (Wildman–Crippen LogP) is 4.06. The van der Waals surface area contributed by atoms with Crippen LogP contribution in [0.5, 0.6) is 0 Å². The summed E-state index contributed by atoms with van der Waals surface area (Å²) in [5.41, 5.74) is 0.823. The summed E-state index contributed by atoms with van der Waals surface area (Å²) in [7, 11) is 0. The molecule has 0 aliphatic carbocycles. The number of H-pyrrole nitrogens is 1. The lowest BCUT2D eigenvalue weighted by Crippen LogP contribution is -2.39. The average molecular weight is 470 g/mol. The lowest BCUT2D eigenvalue weighted by molar-refractivity contribution is -0.142. The second-order valence-corrected chi connectivity index (χ2v) is 9.21. The van der Waals surface area contributed by atoms with Crippen molar-refractivity contribution in [2.45, 2.75) is 17.2 Å². The van der Waals surface area contributed by atoms with Crippen LogP contribution in [0.1, 0.15) is 5.69 Å². The Morgan fingerprint density at radius 2 is 2.09 bits per heavy atom. The number of rotatable bonds is 7. The quantitative estimate of drug-likeness (QED) is 0.389. The third-order valence-corrected chi connectivity index (χ3v) is 7.19. The number of hydrogen-bond acceptors (Lipinski definition) is 8. The zero-order chi connectivity index (χ0) is 22.1. The summed E-state index contributed by atoms with van der Waals surface area (Å²) in [6, 6.07) is 9.83. The molecule has 3 aromatic heterocycles. The Hall–Kier alpha value is -3.18. The van der Waals surface area contributed by atoms with Crippen molar-refractivity contribution in [2.75, 3.05) is 11.5 Å². The Morgan fingerprint density at radius 3 is 2.91 bits per heavy atom. The summed E-state index contributed by atoms with van der Waals surface area (Å²) in [4.78, 5) is 23.7. The smallest absolute Gasteiger partial charge is 0.332 e. The van der Waals surface area contributed by atoms with Crippen molar-refractivity contribution in [3.8, 4) is 11.5 Å². The molecule has 0 radical (unpaired) electrons. The van der Waals surface area contributed by atoms with Gasteiger partial charge in [0, 0.05) is 41.3 Å². The van der Waals surface area contributed by atoms with E-state index in [1.165, 1.54) is 35.7 Å². The molecule has 5 rings (SSSR count). The van der Waals surface area contributed by atoms with E-state index in [1.807, 2.05) is 6.07 Å². The summed E-state index contributed by atoms with van der Waals surface area (Å²) in [6.45, 7) is 0. The number of aliphatic imine (C=N–C) groups is 1. The van der Waals surface area contributed by atoms with Crippen LogP contribution in [0.4, 0.5) is 4.39 Å². The number of carbonyl (C=O) groups is 1. The molecular weight excluding hydrogens is 453 g/mol. The van der Waals surface area contributed by atoms with Gasteiger partial charge in [-0.3, -0.25) is 9.98 Å². The predicted molar refractivity (Wildman–Crippen MR) is 120 cm³/mol. The third-order valence-electron chi connectivity index (χ3n) is 4.99. The average Bonchev–Trinajstić information content (AvgIpc) is 3.51. The standard InChI is InChI=1S/C21H16FN5O3S2/c22-14-2-1-13-7-15(24-16(13)8-14)9-21(19(28)29)11-32-17(25-21)10-31-20-27-26-18(30-20)12-3-5-23-6-4-12/h1-8,24H,9-11H2,(H,28,29). The zero-order valence-corrected chi connectivity index (χ0v) is 18.1. The van der Waals surface area contributed by atoms with Gasteiger partial charge in [-0.05, 0) is 41.8 Å². The first-order chi connectivity index (χ1) is 15.5. The molecule has 32 heavy (non-hydrogen) atoms. The van der Waals surface area contributed by atoms with E-state index in [4.69, 9.17) is 4.42 Å². The van der Waals surface area contributed by atoms with Crippen LogP contribution in [0.3, 0.4) is 0 Å². The van der Waals surface area contributed by atoms with Crippen LogP contribution < -0.4 is 0 Å². The fraction of sp³-hybridized carbons (Fsp3) is 0.190. The van der Waals surface area contributed by atoms with Gasteiger partial charge in [0.15, 0.2) is 5.54 Å². The van der Waals surface area contributed by atoms with E-state index >= 15 is 0 Å². The number of benzene rings is 1. The SMILES string of the molecule is O=C(O)C1(Cc2cc3ccc(F)cc3[nH]2)CSC(CSc2nnc(-c3ccncc3)o2)=N1. The van der Waals surface area contributed by atoms with Gasteiger partial charge in [-0.15, -0.1) is 22.0 Å². The van der Waals surface area contributed by atoms with E-state index in [0.29, 0.717) is 38.9 Å². The Kier molecular flexibility index (Phi) is 5.43. The number of fused-ring (bicyclic) bond motifs is 1. The van der Waals surface area contributed by atoms with Gasteiger partial charge in [-0.1, -0.05) is 11.8 Å². The molecule has 0 amide bonds. The van der Waals surface area contributed by atoms with Crippen LogP contribution in [0.25, 0.3) is 22.4 Å². The highest BCUT2D eigenvalue weighted by Gasteiger charge is 2.43. The molecule has 0 bridgehead atoms. The Labute approximate surface area is 189 Å². The van der Waals surface area contributed by atoms with Crippen LogP contribution in [0.15, 0.2) is 63.4 Å². The molecule has 162 valence electrons. The molecule has 4 aromatic rings. The van der Waals surface area contributed by atoms with Gasteiger partial charge in [-0.25, -0.2) is 9.18 Å². The molecule has 0 fully saturated rings. The molecule has 8 nitrogen and oxygen atoms in total. The lowest BCUT2D eigenvalue weighted by Gasteiger charge is -2.19. The number of pyridine rings is 1. The van der Waals surface area contributed by atoms with Crippen molar-refractivity contribution in [3.05, 3.63) is 60.3 Å². The maximum atomic E-state index is 13.5. The normalized spacial score (nSPS) is 18.2. The van der Waals surface area contributed by atoms with Crippen LogP contribution in [0.2, 0.25) is 0 Å². The first kappa shape index (κ1) is 20.7. The Balaban J connectivity index is 1.30. The molecule has 1 aliphatic rings. The number of carboxylic acids is 1. The van der Waals surface area contributed by atoms with Crippen LogP contribution in [0, 0.1) is 5.82 Å². The van der Waals surface area contributed by atoms with E-state index in [9.17, 15) is 14.3 Å². The maximum Gasteiger partial charge on any atom is 0.332 e. The maximum absolute atomic E-state index is 13.5. The first-order valence-corrected chi connectivity index (χ1v) is 11.6. The van der Waals surface area contributed by atoms with Crippen molar-refractivity contribution in [1.29, 1.82) is 0 Å². The molecule has 1 unspecified atom stereocenters. The number of aromatic amines is 1. The summed E-state index contributed by atoms with van der Waals surface area (Å²) >= 11 is 2.71. The second-order valence-electron chi connectivity index (χ2n) is 7.23.